The molecule has 0 aliphatic heterocycles. The Hall–Kier alpha value is -2.66. The van der Waals surface area contributed by atoms with Gasteiger partial charge in [0.25, 0.3) is 0 Å². The summed E-state index contributed by atoms with van der Waals surface area (Å²) in [5.41, 5.74) is 6.73. The summed E-state index contributed by atoms with van der Waals surface area (Å²) in [5, 5.41) is 5.55. The number of hydrogen-bond acceptors (Lipinski definition) is 4. The molecule has 0 spiro atoms. The number of nitrogens with zero attached hydrogens (tertiary/aromatic N) is 1. The maximum atomic E-state index is 12.3. The Labute approximate surface area is 164 Å². The van der Waals surface area contributed by atoms with Crippen molar-refractivity contribution in [1.29, 1.82) is 0 Å². The van der Waals surface area contributed by atoms with Crippen LogP contribution in [0, 0.1) is 20.8 Å². The van der Waals surface area contributed by atoms with Crippen LogP contribution >= 0.6 is 11.3 Å². The Bertz CT molecular complexity index is 939. The van der Waals surface area contributed by atoms with Gasteiger partial charge in [0.1, 0.15) is 5.75 Å². The minimum absolute atomic E-state index is 0.0424. The van der Waals surface area contributed by atoms with Crippen LogP contribution in [0.5, 0.6) is 5.75 Å². The van der Waals surface area contributed by atoms with Gasteiger partial charge in [-0.15, -0.1) is 11.3 Å². The van der Waals surface area contributed by atoms with Gasteiger partial charge in [0, 0.05) is 17.4 Å². The van der Waals surface area contributed by atoms with Crippen molar-refractivity contribution in [1.82, 2.24) is 4.98 Å². The van der Waals surface area contributed by atoms with E-state index in [1.54, 1.807) is 7.11 Å². The summed E-state index contributed by atoms with van der Waals surface area (Å²) in [6.07, 6.45) is 1.02. The van der Waals surface area contributed by atoms with Crippen molar-refractivity contribution < 1.29 is 9.53 Å². The lowest BCUT2D eigenvalue weighted by molar-refractivity contribution is -0.116. The van der Waals surface area contributed by atoms with Gasteiger partial charge in [-0.05, 0) is 49.9 Å². The van der Waals surface area contributed by atoms with E-state index >= 15 is 0 Å². The van der Waals surface area contributed by atoms with Gasteiger partial charge in [0.05, 0.1) is 12.8 Å². The van der Waals surface area contributed by atoms with Crippen LogP contribution in [0.15, 0.2) is 41.8 Å². The zero-order valence-electron chi connectivity index (χ0n) is 16.1. The molecule has 0 radical (unpaired) electrons. The highest BCUT2D eigenvalue weighted by molar-refractivity contribution is 7.14. The normalized spacial score (nSPS) is 10.7. The van der Waals surface area contributed by atoms with Gasteiger partial charge in [-0.2, -0.15) is 0 Å². The number of aryl methyl sites for hydroxylation is 4. The van der Waals surface area contributed by atoms with Crippen LogP contribution in [-0.4, -0.2) is 18.0 Å². The van der Waals surface area contributed by atoms with Crippen LogP contribution in [0.2, 0.25) is 0 Å². The molecule has 5 heteroatoms. The van der Waals surface area contributed by atoms with Gasteiger partial charge in [0.2, 0.25) is 5.91 Å². The standard InChI is InChI=1S/C22H24N2O2S/c1-14-11-15(2)21(16(3)12-14)18-13-27-22(23-18)24-20(25)10-9-17-7-5-6-8-19(17)26-4/h5-8,11-13H,9-10H2,1-4H3,(H,23,24,25). The molecule has 0 unspecified atom stereocenters. The quantitative estimate of drug-likeness (QED) is 0.630. The van der Waals surface area contributed by atoms with Crippen molar-refractivity contribution in [2.45, 2.75) is 33.6 Å². The summed E-state index contributed by atoms with van der Waals surface area (Å²) in [6, 6.07) is 12.1. The largest absolute Gasteiger partial charge is 0.496 e. The third kappa shape index (κ3) is 4.55. The van der Waals surface area contributed by atoms with Crippen LogP contribution in [-0.2, 0) is 11.2 Å². The molecule has 0 aliphatic rings. The third-order valence-electron chi connectivity index (χ3n) is 4.50. The summed E-state index contributed by atoms with van der Waals surface area (Å²) in [4.78, 5) is 16.9. The summed E-state index contributed by atoms with van der Waals surface area (Å²) in [6.45, 7) is 6.29. The van der Waals surface area contributed by atoms with Crippen LogP contribution < -0.4 is 10.1 Å². The first-order chi connectivity index (χ1) is 13.0. The molecule has 0 fully saturated rings. The number of benzene rings is 2. The molecule has 0 bridgehead atoms. The number of para-hydroxylation sites is 1. The average molecular weight is 381 g/mol. The van der Waals surface area contributed by atoms with Gasteiger partial charge in [0.15, 0.2) is 5.13 Å². The first-order valence-corrected chi connectivity index (χ1v) is 9.81. The Morgan fingerprint density at radius 3 is 2.56 bits per heavy atom. The fourth-order valence-corrected chi connectivity index (χ4v) is 4.09. The number of ether oxygens (including phenoxy) is 1. The second kappa shape index (κ2) is 8.35. The number of rotatable bonds is 6. The number of nitrogens with one attached hydrogen (secondary N) is 1. The molecule has 3 aromatic rings. The Morgan fingerprint density at radius 1 is 1.15 bits per heavy atom. The second-order valence-electron chi connectivity index (χ2n) is 6.67. The fourth-order valence-electron chi connectivity index (χ4n) is 3.37. The van der Waals surface area contributed by atoms with Crippen molar-refractivity contribution in [3.63, 3.8) is 0 Å². The second-order valence-corrected chi connectivity index (χ2v) is 7.53. The Morgan fingerprint density at radius 2 is 1.85 bits per heavy atom. The minimum Gasteiger partial charge on any atom is -0.496 e. The zero-order chi connectivity index (χ0) is 19.4. The van der Waals surface area contributed by atoms with E-state index in [1.165, 1.54) is 28.0 Å². The molecule has 140 valence electrons. The highest BCUT2D eigenvalue weighted by atomic mass is 32.1. The first-order valence-electron chi connectivity index (χ1n) is 8.93. The molecule has 2 aromatic carbocycles. The molecule has 1 aromatic heterocycles. The van der Waals surface area contributed by atoms with E-state index in [4.69, 9.17) is 4.74 Å². The molecule has 3 rings (SSSR count). The fraction of sp³-hybridized carbons (Fsp3) is 0.273. The van der Waals surface area contributed by atoms with E-state index in [0.29, 0.717) is 18.0 Å². The Balaban J connectivity index is 1.66. The number of thiazole rings is 1. The molecule has 1 heterocycles. The van der Waals surface area contributed by atoms with Gasteiger partial charge >= 0.3 is 0 Å². The highest BCUT2D eigenvalue weighted by Gasteiger charge is 2.13. The van der Waals surface area contributed by atoms with Crippen molar-refractivity contribution in [3.05, 3.63) is 64.0 Å². The molecule has 4 nitrogen and oxygen atoms in total. The molecule has 0 aliphatic carbocycles. The predicted octanol–water partition coefficient (Wildman–Crippen LogP) is 5.32. The zero-order valence-corrected chi connectivity index (χ0v) is 16.9. The van der Waals surface area contributed by atoms with E-state index in [-0.39, 0.29) is 5.91 Å². The SMILES string of the molecule is COc1ccccc1CCC(=O)Nc1nc(-c2c(C)cc(C)cc2C)cs1. The number of amides is 1. The lowest BCUT2D eigenvalue weighted by Crippen LogP contribution is -2.12. The maximum absolute atomic E-state index is 12.3. The topological polar surface area (TPSA) is 51.2 Å². The van der Waals surface area contributed by atoms with Crippen molar-refractivity contribution in [2.75, 3.05) is 12.4 Å². The number of anilines is 1. The molecule has 0 saturated carbocycles. The van der Waals surface area contributed by atoms with Crippen LogP contribution in [0.1, 0.15) is 28.7 Å². The molecule has 27 heavy (non-hydrogen) atoms. The first kappa shape index (κ1) is 19.1. The molecular weight excluding hydrogens is 356 g/mol. The number of methoxy groups -OCH3 is 1. The molecule has 0 saturated heterocycles. The summed E-state index contributed by atoms with van der Waals surface area (Å²) in [5.74, 6) is 0.770. The number of carbonyl (C=O) groups excluding carboxylic acids is 1. The Kier molecular flexibility index (Phi) is 5.91. The number of aromatic nitrogens is 1. The maximum Gasteiger partial charge on any atom is 0.226 e. The van der Waals surface area contributed by atoms with E-state index in [2.05, 4.69) is 43.2 Å². The number of hydrogen-bond donors (Lipinski definition) is 1. The highest BCUT2D eigenvalue weighted by Crippen LogP contribution is 2.31. The van der Waals surface area contributed by atoms with Crippen molar-refractivity contribution >= 4 is 22.4 Å². The average Bonchev–Trinajstić information content (AvgIpc) is 3.07. The molecule has 1 amide bonds. The summed E-state index contributed by atoms with van der Waals surface area (Å²) in [7, 11) is 1.64. The van der Waals surface area contributed by atoms with Crippen molar-refractivity contribution in [2.24, 2.45) is 0 Å². The van der Waals surface area contributed by atoms with E-state index in [9.17, 15) is 4.79 Å². The molecule has 0 atom stereocenters. The molecular formula is C22H24N2O2S. The van der Waals surface area contributed by atoms with Gasteiger partial charge < -0.3 is 10.1 Å². The van der Waals surface area contributed by atoms with E-state index < -0.39 is 0 Å². The monoisotopic (exact) mass is 380 g/mol. The predicted molar refractivity (Wildman–Crippen MR) is 112 cm³/mol. The van der Waals surface area contributed by atoms with Gasteiger partial charge in [-0.25, -0.2) is 4.98 Å². The lowest BCUT2D eigenvalue weighted by atomic mass is 9.98. The minimum atomic E-state index is -0.0424. The van der Waals surface area contributed by atoms with E-state index in [1.807, 2.05) is 29.6 Å². The smallest absolute Gasteiger partial charge is 0.226 e. The third-order valence-corrected chi connectivity index (χ3v) is 5.26. The molecule has 1 N–H and O–H groups in total. The summed E-state index contributed by atoms with van der Waals surface area (Å²) < 4.78 is 5.34. The van der Waals surface area contributed by atoms with E-state index in [0.717, 1.165) is 22.6 Å². The van der Waals surface area contributed by atoms with Crippen LogP contribution in [0.3, 0.4) is 0 Å². The van der Waals surface area contributed by atoms with Gasteiger partial charge in [-0.3, -0.25) is 4.79 Å². The number of carbonyl (C=O) groups is 1. The van der Waals surface area contributed by atoms with Crippen molar-refractivity contribution in [3.8, 4) is 17.0 Å². The van der Waals surface area contributed by atoms with Gasteiger partial charge in [-0.1, -0.05) is 35.9 Å². The lowest BCUT2D eigenvalue weighted by Gasteiger charge is -2.09. The van der Waals surface area contributed by atoms with Crippen LogP contribution in [0.4, 0.5) is 5.13 Å². The summed E-state index contributed by atoms with van der Waals surface area (Å²) >= 11 is 1.46. The van der Waals surface area contributed by atoms with Crippen LogP contribution in [0.25, 0.3) is 11.3 Å².